The maximum absolute atomic E-state index is 12.9. The Hall–Kier alpha value is -2.16. The smallest absolute Gasteiger partial charge is 0.314 e. The van der Waals surface area contributed by atoms with Crippen LogP contribution >= 0.6 is 0 Å². The zero-order chi connectivity index (χ0) is 13.9. The first-order valence-corrected chi connectivity index (χ1v) is 6.06. The molecule has 0 spiro atoms. The lowest BCUT2D eigenvalue weighted by Gasteiger charge is -2.25. The maximum atomic E-state index is 12.9. The first-order chi connectivity index (χ1) is 9.02. The van der Waals surface area contributed by atoms with Crippen molar-refractivity contribution >= 4 is 5.97 Å². The molecule has 0 aliphatic heterocycles. The minimum Gasteiger partial charge on any atom is -0.481 e. The summed E-state index contributed by atoms with van der Waals surface area (Å²) in [5, 5.41) is 9.53. The van der Waals surface area contributed by atoms with Gasteiger partial charge in [0.2, 0.25) is 0 Å². The molecular weight excluding hydrogens is 243 g/mol. The Bertz CT molecular complexity index is 563. The summed E-state index contributed by atoms with van der Waals surface area (Å²) >= 11 is 0. The fraction of sp³-hybridized carbons (Fsp3) is 0.188. The summed E-state index contributed by atoms with van der Waals surface area (Å²) in [6.45, 7) is 1.69. The van der Waals surface area contributed by atoms with Crippen molar-refractivity contribution in [1.82, 2.24) is 0 Å². The van der Waals surface area contributed by atoms with Gasteiger partial charge in [-0.1, -0.05) is 42.5 Å². The summed E-state index contributed by atoms with van der Waals surface area (Å²) in [4.78, 5) is 11.6. The fourth-order valence-corrected chi connectivity index (χ4v) is 2.12. The summed E-state index contributed by atoms with van der Waals surface area (Å²) in [6.07, 6.45) is 0.326. The van der Waals surface area contributed by atoms with Gasteiger partial charge in [0.05, 0.1) is 5.41 Å². The molecule has 0 heterocycles. The molecule has 1 unspecified atom stereocenters. The Morgan fingerprint density at radius 2 is 1.68 bits per heavy atom. The number of hydrogen-bond acceptors (Lipinski definition) is 1. The minimum atomic E-state index is -1.01. The second-order valence-electron chi connectivity index (χ2n) is 4.81. The van der Waals surface area contributed by atoms with Gasteiger partial charge in [-0.25, -0.2) is 4.39 Å². The highest BCUT2D eigenvalue weighted by atomic mass is 19.1. The first-order valence-electron chi connectivity index (χ1n) is 6.06. The summed E-state index contributed by atoms with van der Waals surface area (Å²) in [5.41, 5.74) is 0.529. The van der Waals surface area contributed by atoms with Crippen LogP contribution in [0.5, 0.6) is 0 Å². The maximum Gasteiger partial charge on any atom is 0.314 e. The molecule has 3 heteroatoms. The SMILES string of the molecule is CC(Cc1ccc(F)cc1)(C(=O)O)c1ccccc1. The third-order valence-electron chi connectivity index (χ3n) is 3.35. The summed E-state index contributed by atoms with van der Waals surface area (Å²) in [6, 6.07) is 15.0. The normalized spacial score (nSPS) is 13.8. The van der Waals surface area contributed by atoms with Crippen LogP contribution in [0.1, 0.15) is 18.1 Å². The predicted molar refractivity (Wildman–Crippen MR) is 71.5 cm³/mol. The van der Waals surface area contributed by atoms with Crippen LogP contribution in [-0.2, 0) is 16.6 Å². The van der Waals surface area contributed by atoms with E-state index in [2.05, 4.69) is 0 Å². The molecule has 2 nitrogen and oxygen atoms in total. The van der Waals surface area contributed by atoms with Crippen LogP contribution in [0.3, 0.4) is 0 Å². The summed E-state index contributed by atoms with van der Waals surface area (Å²) in [7, 11) is 0. The van der Waals surface area contributed by atoms with Crippen LogP contribution in [0.2, 0.25) is 0 Å². The van der Waals surface area contributed by atoms with Crippen LogP contribution < -0.4 is 0 Å². The Morgan fingerprint density at radius 3 is 2.21 bits per heavy atom. The molecule has 1 N–H and O–H groups in total. The fourth-order valence-electron chi connectivity index (χ4n) is 2.12. The molecule has 2 aromatic rings. The minimum absolute atomic E-state index is 0.319. The van der Waals surface area contributed by atoms with Crippen LogP contribution in [0.15, 0.2) is 54.6 Å². The molecule has 0 aliphatic carbocycles. The lowest BCUT2D eigenvalue weighted by Crippen LogP contribution is -2.34. The number of carboxylic acids is 1. The lowest BCUT2D eigenvalue weighted by molar-refractivity contribution is -0.143. The molecule has 0 saturated heterocycles. The molecule has 2 rings (SSSR count). The van der Waals surface area contributed by atoms with Gasteiger partial charge in [-0.3, -0.25) is 4.79 Å². The largest absolute Gasteiger partial charge is 0.481 e. The van der Waals surface area contributed by atoms with E-state index in [9.17, 15) is 14.3 Å². The number of carboxylic acid groups (broad SMARTS) is 1. The van der Waals surface area contributed by atoms with Crippen molar-refractivity contribution in [3.63, 3.8) is 0 Å². The van der Waals surface area contributed by atoms with E-state index in [-0.39, 0.29) is 5.82 Å². The van der Waals surface area contributed by atoms with Crippen molar-refractivity contribution in [2.45, 2.75) is 18.8 Å². The highest BCUT2D eigenvalue weighted by Crippen LogP contribution is 2.28. The zero-order valence-electron chi connectivity index (χ0n) is 10.6. The Labute approximate surface area is 111 Å². The first kappa shape index (κ1) is 13.3. The van der Waals surface area contributed by atoms with E-state index in [0.717, 1.165) is 11.1 Å². The van der Waals surface area contributed by atoms with Crippen molar-refractivity contribution in [3.8, 4) is 0 Å². The molecule has 0 fully saturated rings. The topological polar surface area (TPSA) is 37.3 Å². The van der Waals surface area contributed by atoms with E-state index >= 15 is 0 Å². The molecule has 0 radical (unpaired) electrons. The van der Waals surface area contributed by atoms with Gasteiger partial charge in [0.1, 0.15) is 5.82 Å². The van der Waals surface area contributed by atoms with E-state index in [4.69, 9.17) is 0 Å². The number of benzene rings is 2. The highest BCUT2D eigenvalue weighted by molar-refractivity contribution is 5.81. The molecular formula is C16H15FO2. The summed E-state index contributed by atoms with van der Waals surface area (Å²) in [5.74, 6) is -1.21. The van der Waals surface area contributed by atoms with Crippen LogP contribution in [-0.4, -0.2) is 11.1 Å². The van der Waals surface area contributed by atoms with E-state index in [0.29, 0.717) is 6.42 Å². The van der Waals surface area contributed by atoms with Gasteiger partial charge in [-0.2, -0.15) is 0 Å². The zero-order valence-corrected chi connectivity index (χ0v) is 10.6. The quantitative estimate of drug-likeness (QED) is 0.912. The molecule has 1 atom stereocenters. The monoisotopic (exact) mass is 258 g/mol. The number of halogens is 1. The van der Waals surface area contributed by atoms with Crippen molar-refractivity contribution in [2.24, 2.45) is 0 Å². The van der Waals surface area contributed by atoms with E-state index < -0.39 is 11.4 Å². The molecule has 98 valence electrons. The molecule has 0 saturated carbocycles. The Morgan fingerprint density at radius 1 is 1.11 bits per heavy atom. The molecule has 0 bridgehead atoms. The Kier molecular flexibility index (Phi) is 3.65. The number of aliphatic carboxylic acids is 1. The number of carbonyl (C=O) groups is 1. The van der Waals surface area contributed by atoms with E-state index in [1.54, 1.807) is 31.2 Å². The number of rotatable bonds is 4. The van der Waals surface area contributed by atoms with E-state index in [1.165, 1.54) is 12.1 Å². The standard InChI is InChI=1S/C16H15FO2/c1-16(15(18)19,13-5-3-2-4-6-13)11-12-7-9-14(17)10-8-12/h2-10H,11H2,1H3,(H,18,19). The average Bonchev–Trinajstić information content (AvgIpc) is 2.42. The predicted octanol–water partition coefficient (Wildman–Crippen LogP) is 3.41. The number of hydrogen-bond donors (Lipinski definition) is 1. The van der Waals surface area contributed by atoms with Gasteiger partial charge < -0.3 is 5.11 Å². The van der Waals surface area contributed by atoms with Gasteiger partial charge in [0.15, 0.2) is 0 Å². The van der Waals surface area contributed by atoms with Crippen molar-refractivity contribution in [1.29, 1.82) is 0 Å². The molecule has 19 heavy (non-hydrogen) atoms. The van der Waals surface area contributed by atoms with E-state index in [1.807, 2.05) is 18.2 Å². The van der Waals surface area contributed by atoms with Crippen molar-refractivity contribution < 1.29 is 14.3 Å². The average molecular weight is 258 g/mol. The third kappa shape index (κ3) is 2.81. The van der Waals surface area contributed by atoms with Gasteiger partial charge in [-0.15, -0.1) is 0 Å². The highest BCUT2D eigenvalue weighted by Gasteiger charge is 2.35. The second-order valence-corrected chi connectivity index (χ2v) is 4.81. The van der Waals surface area contributed by atoms with Crippen LogP contribution in [0.25, 0.3) is 0 Å². The Balaban J connectivity index is 2.36. The molecule has 0 aliphatic rings. The van der Waals surface area contributed by atoms with Gasteiger partial charge in [-0.05, 0) is 36.6 Å². The van der Waals surface area contributed by atoms with Crippen LogP contribution in [0, 0.1) is 5.82 Å². The van der Waals surface area contributed by atoms with Gasteiger partial charge in [0, 0.05) is 0 Å². The summed E-state index contributed by atoms with van der Waals surface area (Å²) < 4.78 is 12.9. The van der Waals surface area contributed by atoms with Crippen molar-refractivity contribution in [2.75, 3.05) is 0 Å². The van der Waals surface area contributed by atoms with Crippen LogP contribution in [0.4, 0.5) is 4.39 Å². The van der Waals surface area contributed by atoms with Gasteiger partial charge in [0.25, 0.3) is 0 Å². The molecule has 0 aromatic heterocycles. The van der Waals surface area contributed by atoms with Crippen molar-refractivity contribution in [3.05, 3.63) is 71.5 Å². The molecule has 0 amide bonds. The third-order valence-corrected chi connectivity index (χ3v) is 3.35. The lowest BCUT2D eigenvalue weighted by atomic mass is 9.77. The van der Waals surface area contributed by atoms with Gasteiger partial charge >= 0.3 is 5.97 Å². The second kappa shape index (κ2) is 5.22. The molecule has 2 aromatic carbocycles.